The van der Waals surface area contributed by atoms with Crippen molar-refractivity contribution < 1.29 is 0 Å². The van der Waals surface area contributed by atoms with E-state index in [9.17, 15) is 0 Å². The predicted molar refractivity (Wildman–Crippen MR) is 96.0 cm³/mol. The van der Waals surface area contributed by atoms with Crippen molar-refractivity contribution in [3.63, 3.8) is 0 Å². The fourth-order valence-corrected chi connectivity index (χ4v) is 2.37. The summed E-state index contributed by atoms with van der Waals surface area (Å²) in [6.45, 7) is 15.3. The van der Waals surface area contributed by atoms with Crippen molar-refractivity contribution in [3.05, 3.63) is 0 Å². The average molecular weight is 329 g/mol. The van der Waals surface area contributed by atoms with E-state index < -0.39 is 21.7 Å². The molecular formula is C20H32N4. The molecular weight excluding hydrogens is 296 g/mol. The largest absolute Gasteiger partial charge is 0.198 e. The number of rotatable bonds is 6. The van der Waals surface area contributed by atoms with Gasteiger partial charge < -0.3 is 0 Å². The third-order valence-electron chi connectivity index (χ3n) is 6.25. The van der Waals surface area contributed by atoms with Crippen LogP contribution < -0.4 is 0 Å². The highest BCUT2D eigenvalue weighted by Crippen LogP contribution is 2.44. The standard InChI is InChI=1S/2C10H16N2/c2*1-5-9(3,7-11)10(4,6-2)8-12/h2*5-6H2,1-4H3. The maximum absolute atomic E-state index is 8.98. The van der Waals surface area contributed by atoms with Crippen LogP contribution in [0, 0.1) is 67.0 Å². The van der Waals surface area contributed by atoms with Crippen LogP contribution in [0.1, 0.15) is 81.1 Å². The first-order chi connectivity index (χ1) is 11.0. The Morgan fingerprint density at radius 2 is 0.583 bits per heavy atom. The van der Waals surface area contributed by atoms with E-state index in [4.69, 9.17) is 21.0 Å². The molecule has 0 aliphatic carbocycles. The van der Waals surface area contributed by atoms with Crippen LogP contribution in [0.2, 0.25) is 0 Å². The highest BCUT2D eigenvalue weighted by atomic mass is 14.5. The Morgan fingerprint density at radius 1 is 0.458 bits per heavy atom. The molecule has 0 aliphatic rings. The molecule has 0 spiro atoms. The van der Waals surface area contributed by atoms with Crippen molar-refractivity contribution in [3.8, 4) is 24.3 Å². The zero-order chi connectivity index (χ0) is 19.7. The zero-order valence-electron chi connectivity index (χ0n) is 16.6. The summed E-state index contributed by atoms with van der Waals surface area (Å²) in [5, 5.41) is 35.9. The van der Waals surface area contributed by atoms with Gasteiger partial charge in [-0.3, -0.25) is 0 Å². The summed E-state index contributed by atoms with van der Waals surface area (Å²) in [6, 6.07) is 8.99. The molecule has 0 fully saturated rings. The van der Waals surface area contributed by atoms with Crippen LogP contribution in [0.4, 0.5) is 0 Å². The minimum absolute atomic E-state index is 0.517. The second-order valence-electron chi connectivity index (χ2n) is 7.19. The molecule has 0 heterocycles. The first kappa shape index (κ1) is 24.2. The van der Waals surface area contributed by atoms with Crippen LogP contribution in [-0.4, -0.2) is 0 Å². The first-order valence-corrected chi connectivity index (χ1v) is 8.64. The Bertz CT molecular complexity index is 466. The Labute approximate surface area is 148 Å². The molecule has 0 aromatic heterocycles. The van der Waals surface area contributed by atoms with Crippen molar-refractivity contribution in [2.24, 2.45) is 21.7 Å². The minimum atomic E-state index is -0.517. The maximum atomic E-state index is 8.98. The van der Waals surface area contributed by atoms with Gasteiger partial charge in [-0.25, -0.2) is 0 Å². The van der Waals surface area contributed by atoms with Gasteiger partial charge in [0.1, 0.15) is 0 Å². The van der Waals surface area contributed by atoms with Gasteiger partial charge in [0.05, 0.1) is 45.9 Å². The summed E-state index contributed by atoms with van der Waals surface area (Å²) in [6.07, 6.45) is 2.89. The molecule has 0 saturated carbocycles. The summed E-state index contributed by atoms with van der Waals surface area (Å²) in [7, 11) is 0. The van der Waals surface area contributed by atoms with Gasteiger partial charge in [-0.1, -0.05) is 27.7 Å². The van der Waals surface area contributed by atoms with Gasteiger partial charge in [-0.05, 0) is 53.4 Å². The van der Waals surface area contributed by atoms with E-state index in [0.717, 1.165) is 25.7 Å². The van der Waals surface area contributed by atoms with E-state index >= 15 is 0 Å². The molecule has 0 aliphatic heterocycles. The molecule has 0 aromatic carbocycles. The Kier molecular flexibility index (Phi) is 9.39. The lowest BCUT2D eigenvalue weighted by atomic mass is 9.64. The smallest absolute Gasteiger partial charge is 0.0726 e. The first-order valence-electron chi connectivity index (χ1n) is 8.64. The van der Waals surface area contributed by atoms with E-state index in [2.05, 4.69) is 24.3 Å². The molecule has 0 amide bonds. The summed E-state index contributed by atoms with van der Waals surface area (Å²) >= 11 is 0. The van der Waals surface area contributed by atoms with Crippen molar-refractivity contribution in [2.45, 2.75) is 81.1 Å². The van der Waals surface area contributed by atoms with Crippen molar-refractivity contribution in [2.75, 3.05) is 0 Å². The fourth-order valence-electron chi connectivity index (χ4n) is 2.37. The molecule has 4 atom stereocenters. The van der Waals surface area contributed by atoms with E-state index in [1.54, 1.807) is 0 Å². The Hall–Kier alpha value is -2.04. The molecule has 0 radical (unpaired) electrons. The second kappa shape index (κ2) is 9.30. The minimum Gasteiger partial charge on any atom is -0.198 e. The topological polar surface area (TPSA) is 95.2 Å². The molecule has 24 heavy (non-hydrogen) atoms. The second-order valence-corrected chi connectivity index (χ2v) is 7.19. The summed E-state index contributed by atoms with van der Waals surface area (Å²) < 4.78 is 0. The lowest BCUT2D eigenvalue weighted by Gasteiger charge is -2.34. The number of hydrogen-bond acceptors (Lipinski definition) is 4. The monoisotopic (exact) mass is 328 g/mol. The SMILES string of the molecule is CCC(C)(C#N)C(C)(C#N)CC.CCC(C)(C#N)C(C)(C#N)CC. The van der Waals surface area contributed by atoms with E-state index in [1.165, 1.54) is 0 Å². The molecule has 4 unspecified atom stereocenters. The average Bonchev–Trinajstić information content (AvgIpc) is 2.65. The van der Waals surface area contributed by atoms with Crippen LogP contribution in [0.3, 0.4) is 0 Å². The van der Waals surface area contributed by atoms with Gasteiger partial charge in [0.25, 0.3) is 0 Å². The maximum Gasteiger partial charge on any atom is 0.0726 e. The third kappa shape index (κ3) is 4.49. The molecule has 132 valence electrons. The number of nitrogens with zero attached hydrogens (tertiary/aromatic N) is 4. The van der Waals surface area contributed by atoms with E-state index in [-0.39, 0.29) is 0 Å². The van der Waals surface area contributed by atoms with Gasteiger partial charge in [0.2, 0.25) is 0 Å². The molecule has 0 bridgehead atoms. The fraction of sp³-hybridized carbons (Fsp3) is 0.800. The highest BCUT2D eigenvalue weighted by Gasteiger charge is 2.43. The van der Waals surface area contributed by atoms with Crippen LogP contribution in [0.5, 0.6) is 0 Å². The van der Waals surface area contributed by atoms with Crippen molar-refractivity contribution in [1.82, 2.24) is 0 Å². The summed E-state index contributed by atoms with van der Waals surface area (Å²) in [5.74, 6) is 0. The molecule has 0 N–H and O–H groups in total. The molecule has 0 rings (SSSR count). The lowest BCUT2D eigenvalue weighted by molar-refractivity contribution is 0.186. The predicted octanol–water partition coefficient (Wildman–Crippen LogP) is 5.73. The van der Waals surface area contributed by atoms with Crippen molar-refractivity contribution in [1.29, 1.82) is 21.0 Å². The van der Waals surface area contributed by atoms with E-state index in [0.29, 0.717) is 0 Å². The third-order valence-corrected chi connectivity index (χ3v) is 6.25. The lowest BCUT2D eigenvalue weighted by Crippen LogP contribution is -2.34. The van der Waals surface area contributed by atoms with Gasteiger partial charge in [0, 0.05) is 0 Å². The van der Waals surface area contributed by atoms with Gasteiger partial charge in [0.15, 0.2) is 0 Å². The van der Waals surface area contributed by atoms with Crippen LogP contribution >= 0.6 is 0 Å². The normalized spacial score (nSPS) is 19.8. The highest BCUT2D eigenvalue weighted by molar-refractivity contribution is 5.15. The zero-order valence-corrected chi connectivity index (χ0v) is 16.6. The van der Waals surface area contributed by atoms with Gasteiger partial charge in [-0.15, -0.1) is 0 Å². The summed E-state index contributed by atoms with van der Waals surface area (Å²) in [5.41, 5.74) is -2.07. The van der Waals surface area contributed by atoms with Gasteiger partial charge >= 0.3 is 0 Å². The van der Waals surface area contributed by atoms with E-state index in [1.807, 2.05) is 55.4 Å². The number of hydrogen-bond donors (Lipinski definition) is 0. The molecule has 4 nitrogen and oxygen atoms in total. The summed E-state index contributed by atoms with van der Waals surface area (Å²) in [4.78, 5) is 0. The van der Waals surface area contributed by atoms with Crippen LogP contribution in [0.25, 0.3) is 0 Å². The Balaban J connectivity index is 0. The molecule has 0 aromatic rings. The van der Waals surface area contributed by atoms with Crippen LogP contribution in [0.15, 0.2) is 0 Å². The Morgan fingerprint density at radius 3 is 0.625 bits per heavy atom. The van der Waals surface area contributed by atoms with Gasteiger partial charge in [-0.2, -0.15) is 21.0 Å². The van der Waals surface area contributed by atoms with Crippen LogP contribution in [-0.2, 0) is 0 Å². The quantitative estimate of drug-likeness (QED) is 0.621. The molecule has 0 saturated heterocycles. The number of nitriles is 4. The molecule has 4 heteroatoms. The van der Waals surface area contributed by atoms with Crippen molar-refractivity contribution >= 4 is 0 Å².